The zero-order chi connectivity index (χ0) is 21.7. The molecule has 0 spiro atoms. The van der Waals surface area contributed by atoms with Crippen LogP contribution in [0.15, 0.2) is 65.1 Å². The molecule has 3 aromatic carbocycles. The zero-order valence-corrected chi connectivity index (χ0v) is 18.4. The van der Waals surface area contributed by atoms with Crippen molar-refractivity contribution in [2.45, 2.75) is 6.61 Å². The molecule has 0 fully saturated rings. The van der Waals surface area contributed by atoms with Crippen molar-refractivity contribution in [1.82, 2.24) is 0 Å². The van der Waals surface area contributed by atoms with Gasteiger partial charge in [-0.2, -0.15) is 5.26 Å². The molecule has 30 heavy (non-hydrogen) atoms. The molecule has 0 aliphatic heterocycles. The molecule has 0 saturated heterocycles. The van der Waals surface area contributed by atoms with Crippen LogP contribution in [0.25, 0.3) is 11.6 Å². The molecule has 5 nitrogen and oxygen atoms in total. The highest BCUT2D eigenvalue weighted by Gasteiger charge is 2.13. The van der Waals surface area contributed by atoms with E-state index in [1.807, 2.05) is 24.3 Å². The van der Waals surface area contributed by atoms with Gasteiger partial charge in [0.1, 0.15) is 12.4 Å². The van der Waals surface area contributed by atoms with Crippen LogP contribution >= 0.6 is 39.1 Å². The molecule has 0 aromatic heterocycles. The van der Waals surface area contributed by atoms with E-state index in [0.717, 1.165) is 10.0 Å². The third-order valence-electron chi connectivity index (χ3n) is 4.14. The van der Waals surface area contributed by atoms with E-state index in [4.69, 9.17) is 27.9 Å². The topological polar surface area (TPSA) is 76.2 Å². The van der Waals surface area contributed by atoms with Crippen molar-refractivity contribution in [2.24, 2.45) is 0 Å². The quantitative estimate of drug-likeness (QED) is 0.153. The molecular weight excluding hydrogens is 491 g/mol. The van der Waals surface area contributed by atoms with Gasteiger partial charge in [0, 0.05) is 27.2 Å². The predicted molar refractivity (Wildman–Crippen MR) is 122 cm³/mol. The van der Waals surface area contributed by atoms with Gasteiger partial charge < -0.3 is 4.74 Å². The minimum Gasteiger partial charge on any atom is -0.487 e. The number of nitriles is 1. The van der Waals surface area contributed by atoms with Crippen LogP contribution in [-0.4, -0.2) is 4.92 Å². The van der Waals surface area contributed by atoms with Crippen molar-refractivity contribution in [2.75, 3.05) is 0 Å². The van der Waals surface area contributed by atoms with Crippen LogP contribution in [0.5, 0.6) is 5.75 Å². The highest BCUT2D eigenvalue weighted by atomic mass is 79.9. The Labute approximate surface area is 191 Å². The summed E-state index contributed by atoms with van der Waals surface area (Å²) in [5.41, 5.74) is 2.23. The number of rotatable bonds is 6. The summed E-state index contributed by atoms with van der Waals surface area (Å²) in [6.45, 7) is 0.273. The van der Waals surface area contributed by atoms with E-state index in [-0.39, 0.29) is 17.9 Å². The highest BCUT2D eigenvalue weighted by Crippen LogP contribution is 2.35. The fourth-order valence-corrected chi connectivity index (χ4v) is 3.50. The van der Waals surface area contributed by atoms with Crippen molar-refractivity contribution < 1.29 is 9.66 Å². The molecule has 0 bridgehead atoms. The SMILES string of the molecule is N#C/C(=C\c1cc(Cl)cc(Cl)c1OCc1ccc(Br)cc1)c1ccc([N+](=O)[O-])cc1. The molecule has 0 unspecified atom stereocenters. The summed E-state index contributed by atoms with van der Waals surface area (Å²) < 4.78 is 6.89. The van der Waals surface area contributed by atoms with Gasteiger partial charge in [0.2, 0.25) is 0 Å². The van der Waals surface area contributed by atoms with Crippen molar-refractivity contribution >= 4 is 56.5 Å². The monoisotopic (exact) mass is 502 g/mol. The van der Waals surface area contributed by atoms with Gasteiger partial charge in [0.05, 0.1) is 21.6 Å². The van der Waals surface area contributed by atoms with Gasteiger partial charge >= 0.3 is 0 Å². The van der Waals surface area contributed by atoms with Crippen LogP contribution in [0.1, 0.15) is 16.7 Å². The van der Waals surface area contributed by atoms with Crippen LogP contribution in [0.3, 0.4) is 0 Å². The Bertz CT molecular complexity index is 1150. The number of benzene rings is 3. The average molecular weight is 504 g/mol. The van der Waals surface area contributed by atoms with Gasteiger partial charge in [-0.25, -0.2) is 0 Å². The molecule has 0 amide bonds. The predicted octanol–water partition coefficient (Wildman–Crippen LogP) is 7.31. The second-order valence-electron chi connectivity index (χ2n) is 6.19. The Morgan fingerprint density at radius 2 is 1.80 bits per heavy atom. The Morgan fingerprint density at radius 1 is 1.13 bits per heavy atom. The van der Waals surface area contributed by atoms with Crippen LogP contribution in [0.4, 0.5) is 5.69 Å². The summed E-state index contributed by atoms with van der Waals surface area (Å²) in [4.78, 5) is 10.4. The lowest BCUT2D eigenvalue weighted by molar-refractivity contribution is -0.384. The lowest BCUT2D eigenvalue weighted by Crippen LogP contribution is -1.98. The maximum atomic E-state index is 10.8. The lowest BCUT2D eigenvalue weighted by Gasteiger charge is -2.13. The number of nitro benzene ring substituents is 1. The van der Waals surface area contributed by atoms with Gasteiger partial charge in [0.25, 0.3) is 5.69 Å². The fourth-order valence-electron chi connectivity index (χ4n) is 2.67. The number of allylic oxidation sites excluding steroid dienone is 1. The number of nitrogens with zero attached hydrogens (tertiary/aromatic N) is 2. The first-order valence-corrected chi connectivity index (χ1v) is 10.1. The summed E-state index contributed by atoms with van der Waals surface area (Å²) in [5.74, 6) is 0.388. The van der Waals surface area contributed by atoms with E-state index in [1.165, 1.54) is 24.3 Å². The molecule has 0 aliphatic rings. The van der Waals surface area contributed by atoms with Gasteiger partial charge in [-0.3, -0.25) is 10.1 Å². The minimum absolute atomic E-state index is 0.0552. The van der Waals surface area contributed by atoms with Crippen LogP contribution in [0.2, 0.25) is 10.0 Å². The normalized spacial score (nSPS) is 11.1. The number of ether oxygens (including phenoxy) is 1. The van der Waals surface area contributed by atoms with E-state index in [9.17, 15) is 15.4 Å². The second-order valence-corrected chi connectivity index (χ2v) is 7.95. The third kappa shape index (κ3) is 5.39. The summed E-state index contributed by atoms with van der Waals surface area (Å²) in [6.07, 6.45) is 1.59. The first-order valence-electron chi connectivity index (χ1n) is 8.60. The number of hydrogen-bond acceptors (Lipinski definition) is 4. The second kappa shape index (κ2) is 9.77. The maximum Gasteiger partial charge on any atom is 0.269 e. The first-order chi connectivity index (χ1) is 14.4. The number of nitro groups is 1. The molecule has 0 saturated carbocycles. The summed E-state index contributed by atoms with van der Waals surface area (Å²) in [5, 5.41) is 21.2. The highest BCUT2D eigenvalue weighted by molar-refractivity contribution is 9.10. The summed E-state index contributed by atoms with van der Waals surface area (Å²) >= 11 is 15.9. The van der Waals surface area contributed by atoms with E-state index < -0.39 is 4.92 Å². The molecule has 0 heterocycles. The van der Waals surface area contributed by atoms with Gasteiger partial charge in [-0.05, 0) is 53.6 Å². The van der Waals surface area contributed by atoms with Crippen molar-refractivity contribution in [3.8, 4) is 11.8 Å². The lowest BCUT2D eigenvalue weighted by atomic mass is 10.0. The van der Waals surface area contributed by atoms with E-state index in [0.29, 0.717) is 26.9 Å². The van der Waals surface area contributed by atoms with Crippen molar-refractivity contribution in [3.63, 3.8) is 0 Å². The number of non-ortho nitro benzene ring substituents is 1. The molecule has 3 aromatic rings. The molecule has 0 aliphatic carbocycles. The minimum atomic E-state index is -0.496. The Kier molecular flexibility index (Phi) is 7.11. The van der Waals surface area contributed by atoms with E-state index in [2.05, 4.69) is 22.0 Å². The van der Waals surface area contributed by atoms with Gasteiger partial charge in [-0.1, -0.05) is 51.3 Å². The van der Waals surface area contributed by atoms with Crippen molar-refractivity contribution in [3.05, 3.63) is 102 Å². The van der Waals surface area contributed by atoms with Crippen LogP contribution in [-0.2, 0) is 6.61 Å². The average Bonchev–Trinajstić information content (AvgIpc) is 2.72. The van der Waals surface area contributed by atoms with Gasteiger partial charge in [0.15, 0.2) is 0 Å². The Morgan fingerprint density at radius 3 is 2.40 bits per heavy atom. The van der Waals surface area contributed by atoms with Gasteiger partial charge in [-0.15, -0.1) is 0 Å². The smallest absolute Gasteiger partial charge is 0.269 e. The fraction of sp³-hybridized carbons (Fsp3) is 0.0455. The molecule has 150 valence electrons. The zero-order valence-electron chi connectivity index (χ0n) is 15.3. The standard InChI is InChI=1S/C22H13BrCl2N2O3/c23-18-5-1-14(2-6-18)13-30-22-16(10-19(24)11-21(22)25)9-17(12-26)15-3-7-20(8-4-15)27(28)29/h1-11H,13H2/b17-9+. The summed E-state index contributed by atoms with van der Waals surface area (Å²) in [7, 11) is 0. The first kappa shape index (κ1) is 21.8. The maximum absolute atomic E-state index is 10.8. The molecule has 0 radical (unpaired) electrons. The van der Waals surface area contributed by atoms with E-state index in [1.54, 1.807) is 18.2 Å². The Balaban J connectivity index is 1.95. The summed E-state index contributed by atoms with van der Waals surface area (Å²) in [6, 6.07) is 18.7. The molecule has 0 atom stereocenters. The number of halogens is 3. The molecule has 3 rings (SSSR count). The third-order valence-corrected chi connectivity index (χ3v) is 5.17. The van der Waals surface area contributed by atoms with E-state index >= 15 is 0 Å². The number of hydrogen-bond donors (Lipinski definition) is 0. The molecule has 8 heteroatoms. The van der Waals surface area contributed by atoms with Crippen LogP contribution < -0.4 is 4.74 Å². The molecular formula is C22H13BrCl2N2O3. The van der Waals surface area contributed by atoms with Crippen LogP contribution in [0, 0.1) is 21.4 Å². The molecule has 0 N–H and O–H groups in total. The Hall–Kier alpha value is -2.85. The largest absolute Gasteiger partial charge is 0.487 e. The van der Waals surface area contributed by atoms with Crippen molar-refractivity contribution in [1.29, 1.82) is 5.26 Å².